The molecule has 0 aliphatic carbocycles. The Morgan fingerprint density at radius 1 is 1.41 bits per heavy atom. The second-order valence-electron chi connectivity index (χ2n) is 5.43. The molecule has 5 nitrogen and oxygen atoms in total. The fourth-order valence-electron chi connectivity index (χ4n) is 2.43. The van der Waals surface area contributed by atoms with Gasteiger partial charge in [-0.2, -0.15) is 0 Å². The number of ether oxygens (including phenoxy) is 1. The molecule has 0 bridgehead atoms. The van der Waals surface area contributed by atoms with Crippen LogP contribution >= 0.6 is 0 Å². The lowest BCUT2D eigenvalue weighted by atomic mass is 9.78. The highest BCUT2D eigenvalue weighted by atomic mass is 16.5. The molecular formula is C12H18N4O. The molecule has 1 spiro atoms. The molecule has 0 N–H and O–H groups in total. The van der Waals surface area contributed by atoms with Crippen LogP contribution in [0.2, 0.25) is 0 Å². The van der Waals surface area contributed by atoms with E-state index in [0.29, 0.717) is 5.41 Å². The molecule has 2 fully saturated rings. The summed E-state index contributed by atoms with van der Waals surface area (Å²) in [7, 11) is 4.10. The Balaban J connectivity index is 1.67. The predicted molar refractivity (Wildman–Crippen MR) is 64.9 cm³/mol. The third-order valence-electron chi connectivity index (χ3n) is 3.33. The van der Waals surface area contributed by atoms with Gasteiger partial charge in [-0.05, 0) is 20.2 Å². The minimum Gasteiger partial charge on any atom is -0.380 e. The average molecular weight is 234 g/mol. The predicted octanol–water partition coefficient (Wildman–Crippen LogP) is 0.375. The maximum absolute atomic E-state index is 5.27. The maximum Gasteiger partial charge on any atom is 0.225 e. The first-order chi connectivity index (χ1) is 8.17. The lowest BCUT2D eigenvalue weighted by Gasteiger charge is -2.54. The van der Waals surface area contributed by atoms with Crippen LogP contribution < -0.4 is 4.90 Å². The van der Waals surface area contributed by atoms with Crippen LogP contribution in [-0.4, -0.2) is 55.3 Å². The Kier molecular flexibility index (Phi) is 2.52. The fraction of sp³-hybridized carbons (Fsp3) is 0.667. The zero-order valence-electron chi connectivity index (χ0n) is 10.4. The van der Waals surface area contributed by atoms with E-state index in [4.69, 9.17) is 4.74 Å². The molecule has 17 heavy (non-hydrogen) atoms. The lowest BCUT2D eigenvalue weighted by molar-refractivity contribution is -0.127. The summed E-state index contributed by atoms with van der Waals surface area (Å²) in [6.45, 7) is 4.75. The van der Waals surface area contributed by atoms with Crippen molar-refractivity contribution in [1.29, 1.82) is 0 Å². The Morgan fingerprint density at radius 3 is 2.76 bits per heavy atom. The first-order valence-corrected chi connectivity index (χ1v) is 5.96. The third-order valence-corrected chi connectivity index (χ3v) is 3.33. The fourth-order valence-corrected chi connectivity index (χ4v) is 2.43. The number of hydrogen-bond acceptors (Lipinski definition) is 5. The van der Waals surface area contributed by atoms with E-state index < -0.39 is 0 Å². The van der Waals surface area contributed by atoms with Gasteiger partial charge in [0, 0.05) is 25.8 Å². The summed E-state index contributed by atoms with van der Waals surface area (Å²) < 4.78 is 5.27. The highest BCUT2D eigenvalue weighted by molar-refractivity contribution is 5.37. The molecule has 2 aliphatic rings. The van der Waals surface area contributed by atoms with Crippen molar-refractivity contribution >= 4 is 5.95 Å². The van der Waals surface area contributed by atoms with Crippen molar-refractivity contribution in [3.63, 3.8) is 0 Å². The number of anilines is 1. The Morgan fingerprint density at radius 2 is 2.18 bits per heavy atom. The van der Waals surface area contributed by atoms with Crippen LogP contribution in [0.25, 0.3) is 0 Å². The van der Waals surface area contributed by atoms with Gasteiger partial charge in [-0.15, -0.1) is 0 Å². The molecule has 92 valence electrons. The van der Waals surface area contributed by atoms with E-state index in [2.05, 4.69) is 19.8 Å². The van der Waals surface area contributed by atoms with Gasteiger partial charge < -0.3 is 14.5 Å². The smallest absolute Gasteiger partial charge is 0.225 e. The Labute approximate surface area is 101 Å². The van der Waals surface area contributed by atoms with Crippen molar-refractivity contribution in [2.75, 3.05) is 45.3 Å². The zero-order chi connectivity index (χ0) is 11.9. The lowest BCUT2D eigenvalue weighted by Crippen LogP contribution is -2.66. The summed E-state index contributed by atoms with van der Waals surface area (Å²) in [4.78, 5) is 13.3. The molecule has 0 amide bonds. The molecule has 0 saturated carbocycles. The van der Waals surface area contributed by atoms with Crippen molar-refractivity contribution in [3.8, 4) is 0 Å². The molecule has 3 rings (SSSR count). The van der Waals surface area contributed by atoms with Crippen LogP contribution in [0.15, 0.2) is 12.3 Å². The molecule has 2 saturated heterocycles. The second kappa shape index (κ2) is 3.92. The Bertz CT molecular complexity index is 409. The van der Waals surface area contributed by atoms with Crippen molar-refractivity contribution in [3.05, 3.63) is 18.0 Å². The minimum absolute atomic E-state index is 0.418. The molecule has 0 aromatic carbocycles. The van der Waals surface area contributed by atoms with E-state index >= 15 is 0 Å². The molecule has 0 unspecified atom stereocenters. The number of nitrogens with zero attached hydrogens (tertiary/aromatic N) is 4. The monoisotopic (exact) mass is 234 g/mol. The standard InChI is InChI=1S/C12H18N4O/c1-15(2)5-10-3-4-13-11(14-10)16-6-12(7-16)8-17-9-12/h3-4H,5-9H2,1-2H3. The van der Waals surface area contributed by atoms with Gasteiger partial charge in [-0.25, -0.2) is 9.97 Å². The van der Waals surface area contributed by atoms with Crippen LogP contribution in [0.3, 0.4) is 0 Å². The van der Waals surface area contributed by atoms with Crippen LogP contribution in [0.1, 0.15) is 5.69 Å². The van der Waals surface area contributed by atoms with E-state index in [1.807, 2.05) is 26.4 Å². The maximum atomic E-state index is 5.27. The summed E-state index contributed by atoms with van der Waals surface area (Å²) in [5.41, 5.74) is 1.49. The van der Waals surface area contributed by atoms with Crippen LogP contribution in [0.5, 0.6) is 0 Å². The van der Waals surface area contributed by atoms with Crippen molar-refractivity contribution in [2.45, 2.75) is 6.54 Å². The summed E-state index contributed by atoms with van der Waals surface area (Å²) in [6, 6.07) is 1.98. The zero-order valence-corrected chi connectivity index (χ0v) is 10.4. The minimum atomic E-state index is 0.418. The molecule has 2 aliphatic heterocycles. The first kappa shape index (κ1) is 10.9. The van der Waals surface area contributed by atoms with Gasteiger partial charge in [0.1, 0.15) is 0 Å². The second-order valence-corrected chi connectivity index (χ2v) is 5.43. The van der Waals surface area contributed by atoms with E-state index in [0.717, 1.165) is 44.5 Å². The van der Waals surface area contributed by atoms with E-state index in [-0.39, 0.29) is 0 Å². The van der Waals surface area contributed by atoms with Crippen LogP contribution in [0, 0.1) is 5.41 Å². The molecule has 0 atom stereocenters. The van der Waals surface area contributed by atoms with Gasteiger partial charge in [0.05, 0.1) is 24.3 Å². The molecule has 1 aromatic heterocycles. The van der Waals surface area contributed by atoms with Crippen LogP contribution in [-0.2, 0) is 11.3 Å². The third kappa shape index (κ3) is 2.00. The summed E-state index contributed by atoms with van der Waals surface area (Å²) >= 11 is 0. The topological polar surface area (TPSA) is 41.5 Å². The Hall–Kier alpha value is -1.20. The van der Waals surface area contributed by atoms with Crippen LogP contribution in [0.4, 0.5) is 5.95 Å². The molecule has 1 aromatic rings. The average Bonchev–Trinajstić information content (AvgIpc) is 2.12. The molecule has 5 heteroatoms. The highest BCUT2D eigenvalue weighted by Crippen LogP contribution is 2.38. The number of hydrogen-bond donors (Lipinski definition) is 0. The highest BCUT2D eigenvalue weighted by Gasteiger charge is 2.49. The summed E-state index contributed by atoms with van der Waals surface area (Å²) in [6.07, 6.45) is 1.85. The molecular weight excluding hydrogens is 216 g/mol. The number of rotatable bonds is 3. The van der Waals surface area contributed by atoms with Crippen molar-refractivity contribution in [2.24, 2.45) is 5.41 Å². The van der Waals surface area contributed by atoms with Gasteiger partial charge in [-0.3, -0.25) is 0 Å². The van der Waals surface area contributed by atoms with Gasteiger partial charge in [-0.1, -0.05) is 0 Å². The van der Waals surface area contributed by atoms with Gasteiger partial charge in [0.25, 0.3) is 0 Å². The molecule has 0 radical (unpaired) electrons. The SMILES string of the molecule is CN(C)Cc1ccnc(N2CC3(COC3)C2)n1. The van der Waals surface area contributed by atoms with Gasteiger partial charge in [0.2, 0.25) is 5.95 Å². The first-order valence-electron chi connectivity index (χ1n) is 5.96. The van der Waals surface area contributed by atoms with E-state index in [1.54, 1.807) is 0 Å². The summed E-state index contributed by atoms with van der Waals surface area (Å²) in [5.74, 6) is 0.863. The van der Waals surface area contributed by atoms with Gasteiger partial charge >= 0.3 is 0 Å². The quantitative estimate of drug-likeness (QED) is 0.756. The largest absolute Gasteiger partial charge is 0.380 e. The normalized spacial score (nSPS) is 21.5. The summed E-state index contributed by atoms with van der Waals surface area (Å²) in [5, 5.41) is 0. The van der Waals surface area contributed by atoms with E-state index in [9.17, 15) is 0 Å². The molecule has 3 heterocycles. The van der Waals surface area contributed by atoms with Gasteiger partial charge in [0.15, 0.2) is 0 Å². The number of aromatic nitrogens is 2. The van der Waals surface area contributed by atoms with Crippen molar-refractivity contribution < 1.29 is 4.74 Å². The van der Waals surface area contributed by atoms with E-state index in [1.165, 1.54) is 0 Å². The van der Waals surface area contributed by atoms with Crippen molar-refractivity contribution in [1.82, 2.24) is 14.9 Å².